The Labute approximate surface area is 148 Å². The summed E-state index contributed by atoms with van der Waals surface area (Å²) in [6.45, 7) is 2.50. The minimum atomic E-state index is -0.523. The van der Waals surface area contributed by atoms with Gasteiger partial charge in [0.2, 0.25) is 0 Å². The van der Waals surface area contributed by atoms with E-state index in [4.69, 9.17) is 16.3 Å². The SMILES string of the molecule is CCN(C(=O)[C@@H]1Cc2cc(Cl)ccc2O1)c1nc2ccccc2s1. The molecule has 1 atom stereocenters. The van der Waals surface area contributed by atoms with Gasteiger partial charge in [-0.1, -0.05) is 35.1 Å². The van der Waals surface area contributed by atoms with E-state index in [1.807, 2.05) is 43.3 Å². The second kappa shape index (κ2) is 6.07. The number of hydrogen-bond acceptors (Lipinski definition) is 4. The summed E-state index contributed by atoms with van der Waals surface area (Å²) in [6, 6.07) is 13.3. The Kier molecular flexibility index (Phi) is 3.90. The third-order valence-corrected chi connectivity index (χ3v) is 5.36. The summed E-state index contributed by atoms with van der Waals surface area (Å²) in [5.41, 5.74) is 1.88. The highest BCUT2D eigenvalue weighted by Gasteiger charge is 2.33. The van der Waals surface area contributed by atoms with Crippen molar-refractivity contribution < 1.29 is 9.53 Å². The van der Waals surface area contributed by atoms with Crippen LogP contribution in [0.4, 0.5) is 5.13 Å². The van der Waals surface area contributed by atoms with E-state index in [1.165, 1.54) is 11.3 Å². The molecule has 1 aliphatic heterocycles. The highest BCUT2D eigenvalue weighted by atomic mass is 35.5. The topological polar surface area (TPSA) is 42.4 Å². The van der Waals surface area contributed by atoms with E-state index in [0.29, 0.717) is 23.1 Å². The van der Waals surface area contributed by atoms with Crippen molar-refractivity contribution in [1.82, 2.24) is 4.98 Å². The van der Waals surface area contributed by atoms with Gasteiger partial charge in [-0.3, -0.25) is 9.69 Å². The Balaban J connectivity index is 1.60. The number of ether oxygens (including phenoxy) is 1. The number of rotatable bonds is 3. The zero-order valence-corrected chi connectivity index (χ0v) is 14.6. The predicted molar refractivity (Wildman–Crippen MR) is 97.2 cm³/mol. The molecular weight excluding hydrogens is 344 g/mol. The van der Waals surface area contributed by atoms with E-state index < -0.39 is 6.10 Å². The third-order valence-electron chi connectivity index (χ3n) is 4.07. The van der Waals surface area contributed by atoms with Gasteiger partial charge in [0, 0.05) is 18.0 Å². The molecular formula is C18H15ClN2O2S. The number of para-hydroxylation sites is 1. The molecule has 1 amide bonds. The number of benzene rings is 2. The fourth-order valence-corrected chi connectivity index (χ4v) is 4.12. The molecule has 0 N–H and O–H groups in total. The summed E-state index contributed by atoms with van der Waals surface area (Å²) < 4.78 is 6.90. The quantitative estimate of drug-likeness (QED) is 0.700. The second-order valence-corrected chi connectivity index (χ2v) is 7.05. The van der Waals surface area contributed by atoms with Gasteiger partial charge in [-0.2, -0.15) is 0 Å². The molecule has 0 unspecified atom stereocenters. The molecule has 0 radical (unpaired) electrons. The van der Waals surface area contributed by atoms with Crippen LogP contribution in [0.5, 0.6) is 5.75 Å². The lowest BCUT2D eigenvalue weighted by molar-refractivity contribution is -0.124. The Morgan fingerprint density at radius 1 is 1.38 bits per heavy atom. The standard InChI is InChI=1S/C18H15ClN2O2S/c1-2-21(18-20-13-5-3-4-6-16(13)24-18)17(22)15-10-11-9-12(19)7-8-14(11)23-15/h3-9,15H,2,10H2,1H3/t15-/m0/s1. The second-order valence-electron chi connectivity index (χ2n) is 5.61. The molecule has 0 aliphatic carbocycles. The Morgan fingerprint density at radius 3 is 3.00 bits per heavy atom. The molecule has 2 heterocycles. The first-order valence-electron chi connectivity index (χ1n) is 7.77. The molecule has 1 aliphatic rings. The van der Waals surface area contributed by atoms with Crippen LogP contribution in [0.3, 0.4) is 0 Å². The van der Waals surface area contributed by atoms with Gasteiger partial charge in [0.15, 0.2) is 11.2 Å². The molecule has 1 aromatic heterocycles. The van der Waals surface area contributed by atoms with Crippen molar-refractivity contribution in [2.45, 2.75) is 19.4 Å². The van der Waals surface area contributed by atoms with Gasteiger partial charge in [0.1, 0.15) is 5.75 Å². The number of carbonyl (C=O) groups is 1. The van der Waals surface area contributed by atoms with Crippen molar-refractivity contribution in [3.05, 3.63) is 53.1 Å². The Morgan fingerprint density at radius 2 is 2.21 bits per heavy atom. The summed E-state index contributed by atoms with van der Waals surface area (Å²) in [4.78, 5) is 19.2. The largest absolute Gasteiger partial charge is 0.480 e. The number of fused-ring (bicyclic) bond motifs is 2. The first-order chi connectivity index (χ1) is 11.7. The molecule has 0 fully saturated rings. The van der Waals surface area contributed by atoms with E-state index in [9.17, 15) is 4.79 Å². The van der Waals surface area contributed by atoms with E-state index in [2.05, 4.69) is 4.98 Å². The zero-order chi connectivity index (χ0) is 16.7. The third kappa shape index (κ3) is 2.64. The molecule has 4 nitrogen and oxygen atoms in total. The summed E-state index contributed by atoms with van der Waals surface area (Å²) >= 11 is 7.54. The summed E-state index contributed by atoms with van der Waals surface area (Å²) in [6.07, 6.45) is 0.0151. The van der Waals surface area contributed by atoms with Crippen LogP contribution in [0.2, 0.25) is 5.02 Å². The average Bonchev–Trinajstić information content (AvgIpc) is 3.18. The van der Waals surface area contributed by atoms with Crippen LogP contribution in [0.15, 0.2) is 42.5 Å². The van der Waals surface area contributed by atoms with Gasteiger partial charge in [-0.15, -0.1) is 0 Å². The number of likely N-dealkylation sites (N-methyl/N-ethyl adjacent to an activating group) is 1. The molecule has 122 valence electrons. The summed E-state index contributed by atoms with van der Waals surface area (Å²) in [5, 5.41) is 1.37. The molecule has 4 rings (SSSR count). The number of hydrogen-bond donors (Lipinski definition) is 0. The van der Waals surface area contributed by atoms with Gasteiger partial charge in [0.05, 0.1) is 10.2 Å². The van der Waals surface area contributed by atoms with Crippen molar-refractivity contribution in [3.8, 4) is 5.75 Å². The van der Waals surface area contributed by atoms with Crippen molar-refractivity contribution >= 4 is 44.2 Å². The van der Waals surface area contributed by atoms with Crippen molar-refractivity contribution in [2.75, 3.05) is 11.4 Å². The maximum atomic E-state index is 12.9. The number of thiazole rings is 1. The normalized spacial score (nSPS) is 16.0. The zero-order valence-electron chi connectivity index (χ0n) is 13.0. The predicted octanol–water partition coefficient (Wildman–Crippen LogP) is 4.31. The molecule has 0 saturated heterocycles. The van der Waals surface area contributed by atoms with E-state index in [0.717, 1.165) is 21.5 Å². The number of amides is 1. The van der Waals surface area contributed by atoms with Crippen molar-refractivity contribution in [2.24, 2.45) is 0 Å². The maximum Gasteiger partial charge on any atom is 0.270 e. The summed E-state index contributed by atoms with van der Waals surface area (Å²) in [7, 11) is 0. The molecule has 0 spiro atoms. The molecule has 3 aromatic rings. The van der Waals surface area contributed by atoms with E-state index in [-0.39, 0.29) is 5.91 Å². The molecule has 0 saturated carbocycles. The first-order valence-corrected chi connectivity index (χ1v) is 8.97. The maximum absolute atomic E-state index is 12.9. The number of nitrogens with zero attached hydrogens (tertiary/aromatic N) is 2. The van der Waals surface area contributed by atoms with Gasteiger partial charge < -0.3 is 4.74 Å². The van der Waals surface area contributed by atoms with E-state index >= 15 is 0 Å². The van der Waals surface area contributed by atoms with Crippen LogP contribution in [0.25, 0.3) is 10.2 Å². The lowest BCUT2D eigenvalue weighted by atomic mass is 10.1. The molecule has 24 heavy (non-hydrogen) atoms. The van der Waals surface area contributed by atoms with Gasteiger partial charge in [-0.25, -0.2) is 4.98 Å². The average molecular weight is 359 g/mol. The highest BCUT2D eigenvalue weighted by molar-refractivity contribution is 7.22. The van der Waals surface area contributed by atoms with Gasteiger partial charge >= 0.3 is 0 Å². The molecule has 6 heteroatoms. The lowest BCUT2D eigenvalue weighted by Crippen LogP contribution is -2.41. The van der Waals surface area contributed by atoms with E-state index in [1.54, 1.807) is 11.0 Å². The van der Waals surface area contributed by atoms with Crippen LogP contribution in [0.1, 0.15) is 12.5 Å². The monoisotopic (exact) mass is 358 g/mol. The smallest absolute Gasteiger partial charge is 0.270 e. The van der Waals surface area contributed by atoms with Crippen molar-refractivity contribution in [3.63, 3.8) is 0 Å². The fraction of sp³-hybridized carbons (Fsp3) is 0.222. The lowest BCUT2D eigenvalue weighted by Gasteiger charge is -2.21. The minimum absolute atomic E-state index is 0.0659. The Bertz CT molecular complexity index is 891. The number of anilines is 1. The van der Waals surface area contributed by atoms with Crippen molar-refractivity contribution in [1.29, 1.82) is 0 Å². The highest BCUT2D eigenvalue weighted by Crippen LogP contribution is 2.34. The van der Waals surface area contributed by atoms with Crippen LogP contribution >= 0.6 is 22.9 Å². The van der Waals surface area contributed by atoms with Crippen LogP contribution < -0.4 is 9.64 Å². The van der Waals surface area contributed by atoms with Gasteiger partial charge in [-0.05, 0) is 42.8 Å². The summed E-state index contributed by atoms with van der Waals surface area (Å²) in [5.74, 6) is 0.669. The number of carbonyl (C=O) groups excluding carboxylic acids is 1. The molecule has 2 aromatic carbocycles. The van der Waals surface area contributed by atoms with Crippen LogP contribution in [0, 0.1) is 0 Å². The van der Waals surface area contributed by atoms with Crippen LogP contribution in [-0.4, -0.2) is 23.5 Å². The number of halogens is 1. The Hall–Kier alpha value is -2.11. The van der Waals surface area contributed by atoms with Crippen LogP contribution in [-0.2, 0) is 11.2 Å². The fourth-order valence-electron chi connectivity index (χ4n) is 2.89. The molecule has 0 bridgehead atoms. The minimum Gasteiger partial charge on any atom is -0.480 e. The van der Waals surface area contributed by atoms with Gasteiger partial charge in [0.25, 0.3) is 5.91 Å². The number of aromatic nitrogens is 1. The first kappa shape index (κ1) is 15.4.